The number of hydrogen-bond acceptors (Lipinski definition) is 4. The van der Waals surface area contributed by atoms with Crippen molar-refractivity contribution < 1.29 is 14.3 Å². The zero-order valence-corrected chi connectivity index (χ0v) is 9.89. The first-order chi connectivity index (χ1) is 8.78. The molecule has 0 saturated carbocycles. The van der Waals surface area contributed by atoms with Crippen molar-refractivity contribution in [2.24, 2.45) is 5.73 Å². The fraction of sp³-hybridized carbons (Fsp3) is 0.417. The van der Waals surface area contributed by atoms with Crippen molar-refractivity contribution >= 4 is 6.03 Å². The molecule has 2 amide bonds. The first-order valence-corrected chi connectivity index (χ1v) is 5.93. The lowest BCUT2D eigenvalue weighted by Crippen LogP contribution is -2.32. The van der Waals surface area contributed by atoms with Gasteiger partial charge in [0.15, 0.2) is 11.5 Å². The van der Waals surface area contributed by atoms with E-state index in [1.165, 1.54) is 0 Å². The number of ether oxygens (including phenoxy) is 2. The highest BCUT2D eigenvalue weighted by molar-refractivity contribution is 5.77. The Morgan fingerprint density at radius 2 is 2.22 bits per heavy atom. The Hall–Kier alpha value is -1.95. The van der Waals surface area contributed by atoms with Gasteiger partial charge in [-0.25, -0.2) is 4.79 Å². The van der Waals surface area contributed by atoms with E-state index in [0.717, 1.165) is 17.1 Å². The summed E-state index contributed by atoms with van der Waals surface area (Å²) < 4.78 is 10.6. The largest absolute Gasteiger partial charge is 0.454 e. The van der Waals surface area contributed by atoms with E-state index >= 15 is 0 Å². The van der Waals surface area contributed by atoms with Crippen molar-refractivity contribution in [3.8, 4) is 11.5 Å². The Labute approximate surface area is 105 Å². The molecule has 1 atom stereocenters. The second kappa shape index (κ2) is 4.38. The van der Waals surface area contributed by atoms with Crippen molar-refractivity contribution in [2.75, 3.05) is 26.4 Å². The number of carbonyl (C=O) groups is 1. The maximum atomic E-state index is 11.7. The lowest BCUT2D eigenvalue weighted by Gasteiger charge is -2.13. The van der Waals surface area contributed by atoms with Crippen LogP contribution in [0.15, 0.2) is 18.2 Å². The van der Waals surface area contributed by atoms with Gasteiger partial charge in [0.2, 0.25) is 6.79 Å². The molecule has 6 nitrogen and oxygen atoms in total. The summed E-state index contributed by atoms with van der Waals surface area (Å²) in [6.07, 6.45) is 0. The highest BCUT2D eigenvalue weighted by Gasteiger charge is 2.30. The number of rotatable bonds is 3. The second-order valence-electron chi connectivity index (χ2n) is 4.35. The van der Waals surface area contributed by atoms with Crippen molar-refractivity contribution in [2.45, 2.75) is 6.04 Å². The van der Waals surface area contributed by atoms with Crippen LogP contribution in [-0.2, 0) is 0 Å². The third-order valence-electron chi connectivity index (χ3n) is 3.19. The molecule has 1 aromatic rings. The van der Waals surface area contributed by atoms with E-state index in [1.807, 2.05) is 18.2 Å². The summed E-state index contributed by atoms with van der Waals surface area (Å²) in [5.74, 6) is 1.49. The Morgan fingerprint density at radius 3 is 3.06 bits per heavy atom. The van der Waals surface area contributed by atoms with Crippen LogP contribution in [0.25, 0.3) is 0 Å². The molecule has 0 radical (unpaired) electrons. The number of benzene rings is 1. The fourth-order valence-electron chi connectivity index (χ4n) is 2.26. The summed E-state index contributed by atoms with van der Waals surface area (Å²) in [7, 11) is 0. The fourth-order valence-corrected chi connectivity index (χ4v) is 2.26. The van der Waals surface area contributed by atoms with E-state index in [2.05, 4.69) is 5.32 Å². The monoisotopic (exact) mass is 249 g/mol. The number of nitrogens with one attached hydrogen (secondary N) is 1. The normalized spacial score (nSPS) is 21.3. The first kappa shape index (κ1) is 11.2. The molecular formula is C12H15N3O3. The van der Waals surface area contributed by atoms with Gasteiger partial charge in [0.05, 0.1) is 6.04 Å². The first-order valence-electron chi connectivity index (χ1n) is 5.93. The quantitative estimate of drug-likeness (QED) is 0.815. The molecule has 1 unspecified atom stereocenters. The summed E-state index contributed by atoms with van der Waals surface area (Å²) in [6, 6.07) is 5.65. The van der Waals surface area contributed by atoms with Crippen molar-refractivity contribution in [3.05, 3.63) is 23.8 Å². The van der Waals surface area contributed by atoms with E-state index in [-0.39, 0.29) is 18.9 Å². The molecule has 3 N–H and O–H groups in total. The summed E-state index contributed by atoms with van der Waals surface area (Å²) in [5, 5.41) is 2.93. The van der Waals surface area contributed by atoms with Crippen LogP contribution in [0.3, 0.4) is 0 Å². The average Bonchev–Trinajstić information content (AvgIpc) is 2.96. The zero-order chi connectivity index (χ0) is 12.5. The molecule has 2 heterocycles. The summed E-state index contributed by atoms with van der Waals surface area (Å²) in [4.78, 5) is 13.4. The highest BCUT2D eigenvalue weighted by atomic mass is 16.7. The molecule has 18 heavy (non-hydrogen) atoms. The molecule has 96 valence electrons. The van der Waals surface area contributed by atoms with Gasteiger partial charge in [0, 0.05) is 19.6 Å². The van der Waals surface area contributed by atoms with Crippen LogP contribution in [0.4, 0.5) is 4.79 Å². The minimum absolute atomic E-state index is 0.0152. The van der Waals surface area contributed by atoms with Crippen LogP contribution in [0, 0.1) is 0 Å². The van der Waals surface area contributed by atoms with Crippen LogP contribution >= 0.6 is 0 Å². The third-order valence-corrected chi connectivity index (χ3v) is 3.19. The zero-order valence-electron chi connectivity index (χ0n) is 9.89. The van der Waals surface area contributed by atoms with Gasteiger partial charge < -0.3 is 25.4 Å². The van der Waals surface area contributed by atoms with Gasteiger partial charge in [-0.1, -0.05) is 6.07 Å². The second-order valence-corrected chi connectivity index (χ2v) is 4.35. The molecular weight excluding hydrogens is 234 g/mol. The van der Waals surface area contributed by atoms with Crippen LogP contribution < -0.4 is 20.5 Å². The smallest absolute Gasteiger partial charge is 0.318 e. The molecule has 1 aromatic carbocycles. The number of urea groups is 1. The van der Waals surface area contributed by atoms with Crippen LogP contribution in [0.2, 0.25) is 0 Å². The molecule has 6 heteroatoms. The molecule has 2 aliphatic rings. The number of carbonyl (C=O) groups excluding carboxylic acids is 1. The van der Waals surface area contributed by atoms with Gasteiger partial charge >= 0.3 is 6.03 Å². The Balaban J connectivity index is 1.78. The van der Waals surface area contributed by atoms with Crippen LogP contribution in [0.1, 0.15) is 11.6 Å². The van der Waals surface area contributed by atoms with Gasteiger partial charge in [-0.15, -0.1) is 0 Å². The molecule has 0 aromatic heterocycles. The number of amides is 2. The number of nitrogens with two attached hydrogens (primary N) is 1. The topological polar surface area (TPSA) is 76.8 Å². The molecule has 3 rings (SSSR count). The summed E-state index contributed by atoms with van der Waals surface area (Å²) in [6.45, 7) is 1.94. The Morgan fingerprint density at radius 1 is 1.39 bits per heavy atom. The van der Waals surface area contributed by atoms with Gasteiger partial charge in [-0.3, -0.25) is 0 Å². The van der Waals surface area contributed by atoms with Crippen molar-refractivity contribution in [1.82, 2.24) is 10.2 Å². The van der Waals surface area contributed by atoms with Gasteiger partial charge in [0.25, 0.3) is 0 Å². The lowest BCUT2D eigenvalue weighted by atomic mass is 10.1. The van der Waals surface area contributed by atoms with E-state index in [1.54, 1.807) is 4.90 Å². The highest BCUT2D eigenvalue weighted by Crippen LogP contribution is 2.35. The third kappa shape index (κ3) is 1.84. The van der Waals surface area contributed by atoms with Gasteiger partial charge in [0.1, 0.15) is 0 Å². The van der Waals surface area contributed by atoms with Gasteiger partial charge in [-0.05, 0) is 17.7 Å². The van der Waals surface area contributed by atoms with E-state index < -0.39 is 0 Å². The Bertz CT molecular complexity index is 478. The summed E-state index contributed by atoms with van der Waals surface area (Å²) >= 11 is 0. The number of nitrogens with zero attached hydrogens (tertiary/aromatic N) is 1. The number of hydrogen-bond donors (Lipinski definition) is 2. The number of fused-ring (bicyclic) bond motifs is 1. The minimum Gasteiger partial charge on any atom is -0.454 e. The van der Waals surface area contributed by atoms with Gasteiger partial charge in [-0.2, -0.15) is 0 Å². The van der Waals surface area contributed by atoms with Crippen molar-refractivity contribution in [1.29, 1.82) is 0 Å². The molecule has 1 saturated heterocycles. The van der Waals surface area contributed by atoms with E-state index in [0.29, 0.717) is 19.6 Å². The van der Waals surface area contributed by atoms with E-state index in [9.17, 15) is 4.79 Å². The maximum Gasteiger partial charge on any atom is 0.318 e. The van der Waals surface area contributed by atoms with Crippen molar-refractivity contribution in [3.63, 3.8) is 0 Å². The maximum absolute atomic E-state index is 11.7. The Kier molecular flexibility index (Phi) is 2.71. The van der Waals surface area contributed by atoms with Crippen LogP contribution in [0.5, 0.6) is 11.5 Å². The lowest BCUT2D eigenvalue weighted by molar-refractivity contribution is 0.174. The minimum atomic E-state index is -0.0666. The average molecular weight is 249 g/mol. The summed E-state index contributed by atoms with van der Waals surface area (Å²) in [5.41, 5.74) is 6.49. The molecule has 1 fully saturated rings. The standard InChI is InChI=1S/C12H15N3O3/c13-3-4-15-6-9(14-12(15)16)8-1-2-10-11(5-8)18-7-17-10/h1-2,5,9H,3-4,6-7,13H2,(H,14,16). The predicted octanol–water partition coefficient (Wildman–Crippen LogP) is 0.440. The van der Waals surface area contributed by atoms with Crippen LogP contribution in [-0.4, -0.2) is 37.4 Å². The molecule has 0 bridgehead atoms. The van der Waals surface area contributed by atoms with E-state index in [4.69, 9.17) is 15.2 Å². The predicted molar refractivity (Wildman–Crippen MR) is 64.5 cm³/mol. The SMILES string of the molecule is NCCN1CC(c2ccc3c(c2)OCO3)NC1=O. The molecule has 0 aliphatic carbocycles. The molecule has 2 aliphatic heterocycles. The molecule has 0 spiro atoms.